The average molecular weight is 272 g/mol. The van der Waals surface area contributed by atoms with Crippen LogP contribution in [0.5, 0.6) is 0 Å². The highest BCUT2D eigenvalue weighted by atomic mass is 16.5. The van der Waals surface area contributed by atoms with Gasteiger partial charge in [-0.2, -0.15) is 0 Å². The molecule has 0 N–H and O–H groups in total. The van der Waals surface area contributed by atoms with E-state index in [9.17, 15) is 4.79 Å². The Bertz CT molecular complexity index is 626. The van der Waals surface area contributed by atoms with Crippen LogP contribution < -0.4 is 0 Å². The summed E-state index contributed by atoms with van der Waals surface area (Å²) in [6, 6.07) is 0. The Hall–Kier alpha value is -1.51. The van der Waals surface area contributed by atoms with Gasteiger partial charge >= 0.3 is 5.97 Å². The van der Waals surface area contributed by atoms with Gasteiger partial charge in [0, 0.05) is 24.8 Å². The quantitative estimate of drug-likeness (QED) is 0.579. The summed E-state index contributed by atoms with van der Waals surface area (Å²) < 4.78 is 11.5. The Labute approximate surface area is 119 Å². The summed E-state index contributed by atoms with van der Waals surface area (Å²) in [5.41, 5.74) is 3.60. The zero-order chi connectivity index (χ0) is 14.2. The summed E-state index contributed by atoms with van der Waals surface area (Å²) in [6.45, 7) is 10.2. The van der Waals surface area contributed by atoms with E-state index in [1.165, 1.54) is 18.9 Å². The minimum atomic E-state index is -0.223. The summed E-state index contributed by atoms with van der Waals surface area (Å²) in [4.78, 5) is 11.6. The lowest BCUT2D eigenvalue weighted by Crippen LogP contribution is -2.39. The predicted molar refractivity (Wildman–Crippen MR) is 74.0 cm³/mol. The SMILES string of the molecule is C=C1C2CC2[C@]2(C)Cc3occ(C)c3C(OC(C)=O)C12. The molecule has 0 saturated heterocycles. The molecule has 1 heterocycles. The fourth-order valence-corrected chi connectivity index (χ4v) is 4.84. The number of ether oxygens (including phenoxy) is 1. The molecule has 0 radical (unpaired) electrons. The van der Waals surface area contributed by atoms with Crippen molar-refractivity contribution in [2.75, 3.05) is 0 Å². The second-order valence-corrected chi connectivity index (χ2v) is 6.97. The number of esters is 1. The molecule has 20 heavy (non-hydrogen) atoms. The van der Waals surface area contributed by atoms with E-state index in [-0.39, 0.29) is 23.4 Å². The van der Waals surface area contributed by atoms with Crippen molar-refractivity contribution in [3.05, 3.63) is 35.3 Å². The van der Waals surface area contributed by atoms with E-state index in [4.69, 9.17) is 9.15 Å². The molecule has 5 atom stereocenters. The van der Waals surface area contributed by atoms with Gasteiger partial charge in [-0.25, -0.2) is 0 Å². The standard InChI is InChI=1S/C17H20O3/c1-8-7-19-13-6-17(4)12-5-11(12)9(2)15(17)16(14(8)13)20-10(3)18/h7,11-12,15-16H,2,5-6H2,1,3-4H3/t11?,12?,15?,16?,17-/m0/s1. The highest BCUT2D eigenvalue weighted by molar-refractivity contribution is 5.67. The molecular formula is C17H20O3. The fourth-order valence-electron chi connectivity index (χ4n) is 4.84. The van der Waals surface area contributed by atoms with Gasteiger partial charge in [0.15, 0.2) is 0 Å². The summed E-state index contributed by atoms with van der Waals surface area (Å²) in [7, 11) is 0. The Kier molecular flexibility index (Phi) is 2.19. The first kappa shape index (κ1) is 12.2. The zero-order valence-electron chi connectivity index (χ0n) is 12.2. The topological polar surface area (TPSA) is 39.4 Å². The van der Waals surface area contributed by atoms with Gasteiger partial charge < -0.3 is 9.15 Å². The molecule has 1 aromatic heterocycles. The Morgan fingerprint density at radius 2 is 2.30 bits per heavy atom. The number of hydrogen-bond acceptors (Lipinski definition) is 3. The maximum Gasteiger partial charge on any atom is 0.303 e. The van der Waals surface area contributed by atoms with Crippen molar-refractivity contribution in [2.24, 2.45) is 23.2 Å². The molecule has 0 spiro atoms. The molecule has 3 heteroatoms. The molecule has 3 nitrogen and oxygen atoms in total. The lowest BCUT2D eigenvalue weighted by atomic mass is 9.64. The van der Waals surface area contributed by atoms with Crippen molar-refractivity contribution < 1.29 is 13.9 Å². The number of carbonyl (C=O) groups is 1. The number of rotatable bonds is 1. The largest absolute Gasteiger partial charge is 0.469 e. The Morgan fingerprint density at radius 3 is 3.00 bits per heavy atom. The summed E-state index contributed by atoms with van der Waals surface area (Å²) in [6.07, 6.45) is 3.77. The van der Waals surface area contributed by atoms with Crippen molar-refractivity contribution in [3.63, 3.8) is 0 Å². The summed E-state index contributed by atoms with van der Waals surface area (Å²) in [5, 5.41) is 0. The second kappa shape index (κ2) is 3.57. The van der Waals surface area contributed by atoms with E-state index in [1.54, 1.807) is 6.26 Å². The maximum atomic E-state index is 11.6. The van der Waals surface area contributed by atoms with Gasteiger partial charge in [-0.05, 0) is 36.2 Å². The van der Waals surface area contributed by atoms with E-state index in [2.05, 4.69) is 13.5 Å². The van der Waals surface area contributed by atoms with Crippen molar-refractivity contribution in [3.8, 4) is 0 Å². The normalized spacial score (nSPS) is 40.9. The monoisotopic (exact) mass is 272 g/mol. The molecule has 4 unspecified atom stereocenters. The van der Waals surface area contributed by atoms with Gasteiger partial charge in [-0.15, -0.1) is 0 Å². The van der Waals surface area contributed by atoms with Crippen LogP contribution in [-0.4, -0.2) is 5.97 Å². The molecule has 2 saturated carbocycles. The van der Waals surface area contributed by atoms with Crippen LogP contribution in [0.3, 0.4) is 0 Å². The number of fused-ring (bicyclic) bond motifs is 4. The average Bonchev–Trinajstić information content (AvgIpc) is 3.03. The van der Waals surface area contributed by atoms with Crippen LogP contribution in [0.4, 0.5) is 0 Å². The van der Waals surface area contributed by atoms with Crippen LogP contribution in [-0.2, 0) is 16.0 Å². The van der Waals surface area contributed by atoms with E-state index in [0.717, 1.165) is 23.3 Å². The minimum Gasteiger partial charge on any atom is -0.469 e. The van der Waals surface area contributed by atoms with Crippen LogP contribution in [0.2, 0.25) is 0 Å². The van der Waals surface area contributed by atoms with Gasteiger partial charge in [0.05, 0.1) is 6.26 Å². The molecule has 0 aliphatic heterocycles. The fraction of sp³-hybridized carbons (Fsp3) is 0.588. The number of carbonyl (C=O) groups excluding carboxylic acids is 1. The molecule has 106 valence electrons. The molecule has 2 fully saturated rings. The smallest absolute Gasteiger partial charge is 0.303 e. The van der Waals surface area contributed by atoms with Crippen LogP contribution in [0.25, 0.3) is 0 Å². The summed E-state index contributed by atoms with van der Waals surface area (Å²) >= 11 is 0. The van der Waals surface area contributed by atoms with Gasteiger partial charge in [-0.3, -0.25) is 4.79 Å². The predicted octanol–water partition coefficient (Wildman–Crippen LogP) is 3.58. The van der Waals surface area contributed by atoms with Crippen LogP contribution in [0.15, 0.2) is 22.8 Å². The number of furan rings is 1. The van der Waals surface area contributed by atoms with Crippen molar-refractivity contribution in [2.45, 2.75) is 39.7 Å². The third kappa shape index (κ3) is 1.33. The molecule has 3 aliphatic carbocycles. The first-order valence-corrected chi connectivity index (χ1v) is 7.36. The first-order chi connectivity index (χ1) is 9.43. The van der Waals surface area contributed by atoms with Gasteiger partial charge in [0.25, 0.3) is 0 Å². The van der Waals surface area contributed by atoms with E-state index < -0.39 is 0 Å². The molecule has 4 rings (SSSR count). The van der Waals surface area contributed by atoms with Gasteiger partial charge in [-0.1, -0.05) is 19.1 Å². The van der Waals surface area contributed by atoms with Gasteiger partial charge in [0.1, 0.15) is 11.9 Å². The highest BCUT2D eigenvalue weighted by Crippen LogP contribution is 2.72. The number of hydrogen-bond donors (Lipinski definition) is 0. The summed E-state index contributed by atoms with van der Waals surface area (Å²) in [5.74, 6) is 2.36. The molecule has 0 bridgehead atoms. The lowest BCUT2D eigenvalue weighted by molar-refractivity contribution is -0.152. The van der Waals surface area contributed by atoms with Crippen molar-refractivity contribution in [1.29, 1.82) is 0 Å². The van der Waals surface area contributed by atoms with Crippen LogP contribution in [0, 0.1) is 30.1 Å². The van der Waals surface area contributed by atoms with E-state index in [1.807, 2.05) is 6.92 Å². The van der Waals surface area contributed by atoms with Crippen molar-refractivity contribution in [1.82, 2.24) is 0 Å². The van der Waals surface area contributed by atoms with Gasteiger partial charge in [0.2, 0.25) is 0 Å². The second-order valence-electron chi connectivity index (χ2n) is 6.97. The third-order valence-corrected chi connectivity index (χ3v) is 5.75. The first-order valence-electron chi connectivity index (χ1n) is 7.36. The number of aryl methyl sites for hydroxylation is 1. The molecule has 3 aliphatic rings. The lowest BCUT2D eigenvalue weighted by Gasteiger charge is -2.43. The third-order valence-electron chi connectivity index (χ3n) is 5.75. The highest BCUT2D eigenvalue weighted by Gasteiger charge is 2.67. The Morgan fingerprint density at radius 1 is 1.55 bits per heavy atom. The molecular weight excluding hydrogens is 252 g/mol. The molecule has 0 aromatic carbocycles. The van der Waals surface area contributed by atoms with E-state index in [0.29, 0.717) is 11.8 Å². The van der Waals surface area contributed by atoms with Crippen LogP contribution in [0.1, 0.15) is 43.3 Å². The van der Waals surface area contributed by atoms with Crippen molar-refractivity contribution >= 4 is 5.97 Å². The van der Waals surface area contributed by atoms with E-state index >= 15 is 0 Å². The molecule has 1 aromatic rings. The maximum absolute atomic E-state index is 11.6. The Balaban J connectivity index is 1.86. The zero-order valence-corrected chi connectivity index (χ0v) is 12.2. The molecule has 0 amide bonds. The van der Waals surface area contributed by atoms with Crippen LogP contribution >= 0.6 is 0 Å². The minimum absolute atomic E-state index is 0.138.